The minimum Gasteiger partial charge on any atom is -0.550 e. The Morgan fingerprint density at radius 3 is 1.67 bits per heavy atom. The van der Waals surface area contributed by atoms with Gasteiger partial charge in [-0.15, -0.1) is 0 Å². The molecule has 0 unspecified atom stereocenters. The highest BCUT2D eigenvalue weighted by molar-refractivity contribution is 5.63. The van der Waals surface area contributed by atoms with E-state index in [0.29, 0.717) is 0 Å². The molecule has 0 heterocycles. The maximum absolute atomic E-state index is 10.1. The number of unbranched alkanes of at least 4 members (excludes halogenated alkanes) is 8. The van der Waals surface area contributed by atoms with Gasteiger partial charge < -0.3 is 9.90 Å². The van der Waals surface area contributed by atoms with Gasteiger partial charge >= 0.3 is 0 Å². The van der Waals surface area contributed by atoms with Gasteiger partial charge in [-0.05, 0) is 12.8 Å². The van der Waals surface area contributed by atoms with Crippen molar-refractivity contribution in [2.24, 2.45) is 0 Å². The molecular weight excluding hydrogens is 188 g/mol. The fourth-order valence-corrected chi connectivity index (χ4v) is 1.58. The van der Waals surface area contributed by atoms with E-state index in [0.717, 1.165) is 12.8 Å². The zero-order valence-electron chi connectivity index (χ0n) is 9.39. The van der Waals surface area contributed by atoms with Gasteiger partial charge in [-0.2, -0.15) is 0 Å². The Hall–Kier alpha value is -0.530. The molecule has 0 saturated carbocycles. The summed E-state index contributed by atoms with van der Waals surface area (Å²) in [5, 5.41) is 10.1. The van der Waals surface area contributed by atoms with Crippen molar-refractivity contribution in [3.05, 3.63) is 0 Å². The second kappa shape index (κ2) is 13.5. The minimum atomic E-state index is -0.909. The summed E-state index contributed by atoms with van der Waals surface area (Å²) in [6.07, 6.45) is 11.2. The summed E-state index contributed by atoms with van der Waals surface area (Å²) < 4.78 is 0. The number of hydrogen-bond acceptors (Lipinski definition) is 2. The van der Waals surface area contributed by atoms with Crippen molar-refractivity contribution in [1.29, 1.82) is 0 Å². The van der Waals surface area contributed by atoms with E-state index in [4.69, 9.17) is 0 Å². The highest BCUT2D eigenvalue weighted by atomic mass is 16.4. The van der Waals surface area contributed by atoms with E-state index in [-0.39, 0.29) is 13.8 Å². The minimum absolute atomic E-state index is 0. The lowest BCUT2D eigenvalue weighted by atomic mass is 10.1. The largest absolute Gasteiger partial charge is 0.550 e. The molecule has 0 rings (SSSR count). The number of carbonyl (C=O) groups excluding carboxylic acids is 1. The molecule has 0 radical (unpaired) electrons. The Labute approximate surface area is 95.1 Å². The molecule has 2 heteroatoms. The number of rotatable bonds is 10. The molecule has 0 saturated heterocycles. The molecule has 0 fully saturated rings. The SMILES string of the molecule is C.CCCCCCCCCCCC(=O)[O-]. The van der Waals surface area contributed by atoms with Gasteiger partial charge in [0.25, 0.3) is 0 Å². The Bertz CT molecular complexity index is 132. The van der Waals surface area contributed by atoms with Crippen LogP contribution in [0.1, 0.15) is 78.6 Å². The number of carboxylic acid groups (broad SMARTS) is 1. The van der Waals surface area contributed by atoms with Crippen molar-refractivity contribution in [2.75, 3.05) is 0 Å². The molecule has 0 aromatic heterocycles. The van der Waals surface area contributed by atoms with E-state index >= 15 is 0 Å². The summed E-state index contributed by atoms with van der Waals surface area (Å²) in [7, 11) is 0. The number of hydrogen-bond donors (Lipinski definition) is 0. The summed E-state index contributed by atoms with van der Waals surface area (Å²) >= 11 is 0. The van der Waals surface area contributed by atoms with Gasteiger partial charge in [0, 0.05) is 5.97 Å². The third kappa shape index (κ3) is 16.2. The van der Waals surface area contributed by atoms with Gasteiger partial charge in [0.2, 0.25) is 0 Å². The molecule has 0 aromatic rings. The zero-order chi connectivity index (χ0) is 10.6. The first-order valence-corrected chi connectivity index (χ1v) is 5.97. The Kier molecular flexibility index (Phi) is 15.2. The van der Waals surface area contributed by atoms with E-state index in [1.807, 2.05) is 0 Å². The third-order valence-electron chi connectivity index (χ3n) is 2.48. The van der Waals surface area contributed by atoms with Gasteiger partial charge in [-0.1, -0.05) is 65.7 Å². The quantitative estimate of drug-likeness (QED) is 0.525. The van der Waals surface area contributed by atoms with Crippen LogP contribution in [-0.2, 0) is 4.79 Å². The molecule has 15 heavy (non-hydrogen) atoms. The fourth-order valence-electron chi connectivity index (χ4n) is 1.58. The van der Waals surface area contributed by atoms with Crippen LogP contribution >= 0.6 is 0 Å². The topological polar surface area (TPSA) is 40.1 Å². The van der Waals surface area contributed by atoms with Crippen molar-refractivity contribution in [1.82, 2.24) is 0 Å². The molecule has 0 N–H and O–H groups in total. The second-order valence-electron chi connectivity index (χ2n) is 3.95. The van der Waals surface area contributed by atoms with Gasteiger partial charge in [-0.3, -0.25) is 0 Å². The summed E-state index contributed by atoms with van der Waals surface area (Å²) in [6.45, 7) is 2.22. The number of carbonyl (C=O) groups is 1. The summed E-state index contributed by atoms with van der Waals surface area (Å²) in [5.74, 6) is -0.909. The van der Waals surface area contributed by atoms with Crippen LogP contribution in [0.4, 0.5) is 0 Å². The predicted octanol–water partition coefficient (Wildman–Crippen LogP) is 3.29. The van der Waals surface area contributed by atoms with E-state index in [1.54, 1.807) is 0 Å². The molecule has 0 bridgehead atoms. The average molecular weight is 215 g/mol. The summed E-state index contributed by atoms with van der Waals surface area (Å²) in [4.78, 5) is 10.1. The first-order valence-electron chi connectivity index (χ1n) is 5.97. The molecule has 92 valence electrons. The smallest absolute Gasteiger partial charge is 0.0414 e. The predicted molar refractivity (Wildman–Crippen MR) is 63.6 cm³/mol. The molecular formula is C13H27O2-. The molecule has 0 amide bonds. The average Bonchev–Trinajstić information content (AvgIpc) is 2.15. The molecule has 2 nitrogen and oxygen atoms in total. The maximum atomic E-state index is 10.1. The Morgan fingerprint density at radius 2 is 1.27 bits per heavy atom. The van der Waals surface area contributed by atoms with Crippen LogP contribution in [0.5, 0.6) is 0 Å². The van der Waals surface area contributed by atoms with Crippen LogP contribution < -0.4 is 5.11 Å². The van der Waals surface area contributed by atoms with Crippen LogP contribution in [0.3, 0.4) is 0 Å². The van der Waals surface area contributed by atoms with Crippen molar-refractivity contribution in [3.63, 3.8) is 0 Å². The van der Waals surface area contributed by atoms with Gasteiger partial charge in [-0.25, -0.2) is 0 Å². The van der Waals surface area contributed by atoms with E-state index in [1.165, 1.54) is 44.9 Å². The normalized spacial score (nSPS) is 9.67. The van der Waals surface area contributed by atoms with Crippen LogP contribution in [0.25, 0.3) is 0 Å². The molecule has 0 aliphatic rings. The molecule has 0 aromatic carbocycles. The second-order valence-corrected chi connectivity index (χ2v) is 3.95. The lowest BCUT2D eigenvalue weighted by Gasteiger charge is -2.02. The first-order chi connectivity index (χ1) is 6.77. The fraction of sp³-hybridized carbons (Fsp3) is 0.923. The third-order valence-corrected chi connectivity index (χ3v) is 2.48. The zero-order valence-corrected chi connectivity index (χ0v) is 9.39. The Balaban J connectivity index is 0. The summed E-state index contributed by atoms with van der Waals surface area (Å²) in [5.41, 5.74) is 0. The van der Waals surface area contributed by atoms with Gasteiger partial charge in [0.15, 0.2) is 0 Å². The van der Waals surface area contributed by atoms with E-state index in [2.05, 4.69) is 6.92 Å². The van der Waals surface area contributed by atoms with Crippen LogP contribution in [0.15, 0.2) is 0 Å². The van der Waals surface area contributed by atoms with E-state index < -0.39 is 5.97 Å². The van der Waals surface area contributed by atoms with Gasteiger partial charge in [0.05, 0.1) is 0 Å². The van der Waals surface area contributed by atoms with Crippen molar-refractivity contribution < 1.29 is 9.90 Å². The van der Waals surface area contributed by atoms with Crippen LogP contribution in [-0.4, -0.2) is 5.97 Å². The molecule has 0 atom stereocenters. The van der Waals surface area contributed by atoms with E-state index in [9.17, 15) is 9.90 Å². The summed E-state index contributed by atoms with van der Waals surface area (Å²) in [6, 6.07) is 0. The van der Waals surface area contributed by atoms with Crippen molar-refractivity contribution in [3.8, 4) is 0 Å². The Morgan fingerprint density at radius 1 is 0.867 bits per heavy atom. The monoisotopic (exact) mass is 215 g/mol. The molecule has 0 spiro atoms. The lowest BCUT2D eigenvalue weighted by Crippen LogP contribution is -2.21. The van der Waals surface area contributed by atoms with Crippen LogP contribution in [0.2, 0.25) is 0 Å². The van der Waals surface area contributed by atoms with Crippen molar-refractivity contribution >= 4 is 5.97 Å². The van der Waals surface area contributed by atoms with Crippen molar-refractivity contribution in [2.45, 2.75) is 78.6 Å². The first kappa shape index (κ1) is 16.9. The maximum Gasteiger partial charge on any atom is 0.0414 e. The number of aliphatic carboxylic acids is 1. The molecule has 0 aliphatic carbocycles. The standard InChI is InChI=1S/C12H24O2.CH4/c1-2-3-4-5-6-7-8-9-10-11-12(13)14;/h2-11H2,1H3,(H,13,14);1H4/p-1. The van der Waals surface area contributed by atoms with Gasteiger partial charge in [0.1, 0.15) is 0 Å². The van der Waals surface area contributed by atoms with Crippen LogP contribution in [0, 0.1) is 0 Å². The highest BCUT2D eigenvalue weighted by Crippen LogP contribution is 2.09. The molecule has 0 aliphatic heterocycles. The highest BCUT2D eigenvalue weighted by Gasteiger charge is 1.92. The lowest BCUT2D eigenvalue weighted by molar-refractivity contribution is -0.305. The number of carboxylic acids is 1.